The first kappa shape index (κ1) is 8.72. The summed E-state index contributed by atoms with van der Waals surface area (Å²) in [5, 5.41) is 0. The van der Waals surface area contributed by atoms with E-state index in [1.54, 1.807) is 0 Å². The van der Waals surface area contributed by atoms with E-state index < -0.39 is 0 Å². The molecule has 1 unspecified atom stereocenters. The number of carbonyl (C=O) groups is 1. The summed E-state index contributed by atoms with van der Waals surface area (Å²) < 4.78 is 0. The maximum absolute atomic E-state index is 10.3. The molecule has 11 heavy (non-hydrogen) atoms. The van der Waals surface area contributed by atoms with E-state index in [1.165, 1.54) is 32.1 Å². The fraction of sp³-hybridized carbons (Fsp3) is 0.889. The van der Waals surface area contributed by atoms with Crippen molar-refractivity contribution in [3.05, 3.63) is 0 Å². The molecule has 0 spiro atoms. The Bertz CT molecular complexity index is 119. The summed E-state index contributed by atoms with van der Waals surface area (Å²) in [4.78, 5) is 10.3. The van der Waals surface area contributed by atoms with Gasteiger partial charge in [-0.25, -0.2) is 0 Å². The van der Waals surface area contributed by atoms with Crippen LogP contribution in [0, 0.1) is 5.92 Å². The fourth-order valence-electron chi connectivity index (χ4n) is 1.86. The monoisotopic (exact) mass is 155 g/mol. The minimum Gasteiger partial charge on any atom is -0.322 e. The summed E-state index contributed by atoms with van der Waals surface area (Å²) in [6.45, 7) is 0. The number of rotatable bonds is 3. The zero-order valence-corrected chi connectivity index (χ0v) is 6.96. The molecule has 0 aliphatic heterocycles. The van der Waals surface area contributed by atoms with Gasteiger partial charge in [-0.3, -0.25) is 0 Å². The third kappa shape index (κ3) is 3.02. The first-order valence-electron chi connectivity index (χ1n) is 4.54. The van der Waals surface area contributed by atoms with Crippen LogP contribution in [0.25, 0.3) is 0 Å². The third-order valence-electron chi connectivity index (χ3n) is 2.51. The second-order valence-electron chi connectivity index (χ2n) is 3.54. The Hall–Kier alpha value is -0.370. The first-order valence-corrected chi connectivity index (χ1v) is 4.54. The summed E-state index contributed by atoms with van der Waals surface area (Å²) in [6.07, 6.45) is 8.36. The molecule has 1 atom stereocenters. The highest BCUT2D eigenvalue weighted by atomic mass is 16.1. The van der Waals surface area contributed by atoms with Gasteiger partial charge < -0.3 is 10.5 Å². The molecule has 2 nitrogen and oxygen atoms in total. The van der Waals surface area contributed by atoms with Crippen LogP contribution in [-0.2, 0) is 4.79 Å². The molecule has 0 radical (unpaired) electrons. The van der Waals surface area contributed by atoms with Crippen molar-refractivity contribution in [2.45, 2.75) is 44.6 Å². The number of carbonyl (C=O) groups excluding carboxylic acids is 1. The molecule has 64 valence electrons. The van der Waals surface area contributed by atoms with Gasteiger partial charge in [0.15, 0.2) is 0 Å². The summed E-state index contributed by atoms with van der Waals surface area (Å²) in [5.74, 6) is 0.726. The van der Waals surface area contributed by atoms with Gasteiger partial charge in [0.05, 0.1) is 6.04 Å². The summed E-state index contributed by atoms with van der Waals surface area (Å²) >= 11 is 0. The van der Waals surface area contributed by atoms with E-state index in [0.29, 0.717) is 0 Å². The maximum Gasteiger partial charge on any atom is 0.136 e. The number of aldehydes is 1. The maximum atomic E-state index is 10.3. The van der Waals surface area contributed by atoms with Gasteiger partial charge >= 0.3 is 0 Å². The van der Waals surface area contributed by atoms with E-state index in [9.17, 15) is 4.79 Å². The van der Waals surface area contributed by atoms with Gasteiger partial charge in [0.2, 0.25) is 0 Å². The first-order chi connectivity index (χ1) is 5.33. The molecule has 0 aromatic heterocycles. The summed E-state index contributed by atoms with van der Waals surface area (Å²) in [5.41, 5.74) is 5.54. The number of hydrogen-bond acceptors (Lipinski definition) is 2. The molecule has 0 amide bonds. The highest BCUT2D eigenvalue weighted by molar-refractivity contribution is 5.56. The molecule has 1 rings (SSSR count). The van der Waals surface area contributed by atoms with Crippen LogP contribution in [0.1, 0.15) is 38.5 Å². The molecular formula is C9H17NO. The molecule has 1 fully saturated rings. The molecule has 0 aromatic rings. The van der Waals surface area contributed by atoms with Gasteiger partial charge in [-0.2, -0.15) is 0 Å². The lowest BCUT2D eigenvalue weighted by Crippen LogP contribution is -2.25. The van der Waals surface area contributed by atoms with Crippen molar-refractivity contribution in [1.29, 1.82) is 0 Å². The highest BCUT2D eigenvalue weighted by Gasteiger charge is 2.15. The Morgan fingerprint density at radius 2 is 2.00 bits per heavy atom. The van der Waals surface area contributed by atoms with E-state index in [0.717, 1.165) is 18.6 Å². The lowest BCUT2D eigenvalue weighted by molar-refractivity contribution is -0.109. The number of hydrogen-bond donors (Lipinski definition) is 1. The molecule has 0 aromatic carbocycles. The topological polar surface area (TPSA) is 43.1 Å². The Morgan fingerprint density at radius 1 is 1.36 bits per heavy atom. The Kier molecular flexibility index (Phi) is 3.57. The smallest absolute Gasteiger partial charge is 0.136 e. The van der Waals surface area contributed by atoms with Gasteiger partial charge in [0.25, 0.3) is 0 Å². The third-order valence-corrected chi connectivity index (χ3v) is 2.51. The van der Waals surface area contributed by atoms with Gasteiger partial charge in [0, 0.05) is 0 Å². The van der Waals surface area contributed by atoms with Crippen LogP contribution >= 0.6 is 0 Å². The summed E-state index contributed by atoms with van der Waals surface area (Å²) in [6, 6.07) is -0.210. The van der Waals surface area contributed by atoms with E-state index in [4.69, 9.17) is 5.73 Å². The minimum atomic E-state index is -0.210. The van der Waals surface area contributed by atoms with Crippen molar-refractivity contribution in [3.8, 4) is 0 Å². The fourth-order valence-corrected chi connectivity index (χ4v) is 1.86. The van der Waals surface area contributed by atoms with Crippen molar-refractivity contribution < 1.29 is 4.79 Å². The lowest BCUT2D eigenvalue weighted by Gasteiger charge is -2.22. The molecule has 0 bridgehead atoms. The van der Waals surface area contributed by atoms with Crippen molar-refractivity contribution in [1.82, 2.24) is 0 Å². The van der Waals surface area contributed by atoms with E-state index in [1.807, 2.05) is 0 Å². The normalized spacial score (nSPS) is 23.0. The molecular weight excluding hydrogens is 138 g/mol. The van der Waals surface area contributed by atoms with E-state index >= 15 is 0 Å². The minimum absolute atomic E-state index is 0.210. The summed E-state index contributed by atoms with van der Waals surface area (Å²) in [7, 11) is 0. The van der Waals surface area contributed by atoms with Crippen LogP contribution < -0.4 is 5.73 Å². The molecule has 2 N–H and O–H groups in total. The quantitative estimate of drug-likeness (QED) is 0.627. The van der Waals surface area contributed by atoms with Gasteiger partial charge in [0.1, 0.15) is 6.29 Å². The average molecular weight is 155 g/mol. The predicted molar refractivity (Wildman–Crippen MR) is 45.2 cm³/mol. The molecule has 0 heterocycles. The SMILES string of the molecule is NC(C=O)CC1CCCCC1. The van der Waals surface area contributed by atoms with Crippen LogP contribution in [-0.4, -0.2) is 12.3 Å². The van der Waals surface area contributed by atoms with Crippen LogP contribution in [0.5, 0.6) is 0 Å². The van der Waals surface area contributed by atoms with Crippen molar-refractivity contribution in [2.24, 2.45) is 11.7 Å². The van der Waals surface area contributed by atoms with Crippen LogP contribution in [0.4, 0.5) is 0 Å². The van der Waals surface area contributed by atoms with Crippen LogP contribution in [0.3, 0.4) is 0 Å². The lowest BCUT2D eigenvalue weighted by atomic mass is 9.85. The molecule has 1 saturated carbocycles. The zero-order valence-electron chi connectivity index (χ0n) is 6.96. The number of nitrogens with two attached hydrogens (primary N) is 1. The van der Waals surface area contributed by atoms with E-state index in [-0.39, 0.29) is 6.04 Å². The van der Waals surface area contributed by atoms with Crippen molar-refractivity contribution in [2.75, 3.05) is 0 Å². The second-order valence-corrected chi connectivity index (χ2v) is 3.54. The van der Waals surface area contributed by atoms with E-state index in [2.05, 4.69) is 0 Å². The Balaban J connectivity index is 2.18. The van der Waals surface area contributed by atoms with Gasteiger partial charge in [-0.15, -0.1) is 0 Å². The predicted octanol–water partition coefficient (Wildman–Crippen LogP) is 1.48. The zero-order chi connectivity index (χ0) is 8.10. The Labute approximate surface area is 68.2 Å². The molecule has 1 aliphatic rings. The second kappa shape index (κ2) is 4.50. The molecule has 1 aliphatic carbocycles. The van der Waals surface area contributed by atoms with Crippen LogP contribution in [0.15, 0.2) is 0 Å². The van der Waals surface area contributed by atoms with Gasteiger partial charge in [-0.1, -0.05) is 32.1 Å². The molecule has 2 heteroatoms. The van der Waals surface area contributed by atoms with Crippen LogP contribution in [0.2, 0.25) is 0 Å². The van der Waals surface area contributed by atoms with Gasteiger partial charge in [-0.05, 0) is 12.3 Å². The highest BCUT2D eigenvalue weighted by Crippen LogP contribution is 2.26. The largest absolute Gasteiger partial charge is 0.322 e. The molecule has 0 saturated heterocycles. The standard InChI is InChI=1S/C9H17NO/c10-9(7-11)6-8-4-2-1-3-5-8/h7-9H,1-6,10H2. The van der Waals surface area contributed by atoms with Crippen molar-refractivity contribution >= 4 is 6.29 Å². The average Bonchev–Trinajstić information content (AvgIpc) is 2.06. The van der Waals surface area contributed by atoms with Crippen molar-refractivity contribution in [3.63, 3.8) is 0 Å². The Morgan fingerprint density at radius 3 is 2.55 bits per heavy atom.